The smallest absolute Gasteiger partial charge is 0.302 e. The Hall–Kier alpha value is -2.17. The quantitative estimate of drug-likeness (QED) is 0.778. The number of ketones is 1. The van der Waals surface area contributed by atoms with Gasteiger partial charge in [-0.3, -0.25) is 9.59 Å². The van der Waals surface area contributed by atoms with Gasteiger partial charge in [0, 0.05) is 31.6 Å². The van der Waals surface area contributed by atoms with Crippen molar-refractivity contribution in [1.82, 2.24) is 0 Å². The number of carbonyl (C=O) groups is 2. The third kappa shape index (κ3) is 3.83. The van der Waals surface area contributed by atoms with E-state index < -0.39 is 0 Å². The first-order valence-corrected chi connectivity index (χ1v) is 8.58. The largest absolute Gasteiger partial charge is 0.462 e. The molecule has 2 aliphatic rings. The number of carbonyl (C=O) groups excluding carboxylic acids is 2. The summed E-state index contributed by atoms with van der Waals surface area (Å²) in [7, 11) is 0. The van der Waals surface area contributed by atoms with Gasteiger partial charge in [0.1, 0.15) is 12.4 Å². The molecule has 1 unspecified atom stereocenters. The maximum atomic E-state index is 12.5. The molecular formula is C19H23NO4. The average Bonchev–Trinajstić information content (AvgIpc) is 3.05. The van der Waals surface area contributed by atoms with Crippen LogP contribution in [0, 0.1) is 5.92 Å². The Labute approximate surface area is 142 Å². The summed E-state index contributed by atoms with van der Waals surface area (Å²) in [6, 6.07) is 10.0. The molecule has 1 aromatic carbocycles. The van der Waals surface area contributed by atoms with Gasteiger partial charge in [0.25, 0.3) is 0 Å². The lowest BCUT2D eigenvalue weighted by atomic mass is 9.73. The summed E-state index contributed by atoms with van der Waals surface area (Å²) in [6.07, 6.45) is 3.94. The molecule has 0 radical (unpaired) electrons. The number of benzene rings is 1. The van der Waals surface area contributed by atoms with E-state index in [2.05, 4.69) is 17.3 Å². The molecule has 0 saturated heterocycles. The monoisotopic (exact) mass is 329 g/mol. The Balaban J connectivity index is 1.78. The van der Waals surface area contributed by atoms with Gasteiger partial charge in [-0.05, 0) is 18.4 Å². The summed E-state index contributed by atoms with van der Waals surface area (Å²) in [5.41, 5.74) is 1.99. The minimum atomic E-state index is -0.325. The molecule has 5 heteroatoms. The number of hydrogen-bond acceptors (Lipinski definition) is 5. The molecule has 3 rings (SSSR count). The van der Waals surface area contributed by atoms with Crippen LogP contribution in [-0.4, -0.2) is 30.2 Å². The van der Waals surface area contributed by atoms with Crippen molar-refractivity contribution in [3.05, 3.63) is 35.9 Å². The van der Waals surface area contributed by atoms with Gasteiger partial charge in [-0.25, -0.2) is 0 Å². The normalized spacial score (nSPS) is 24.9. The predicted octanol–water partition coefficient (Wildman–Crippen LogP) is 3.24. The van der Waals surface area contributed by atoms with E-state index in [1.54, 1.807) is 0 Å². The zero-order chi connectivity index (χ0) is 16.9. The van der Waals surface area contributed by atoms with Crippen LogP contribution in [0.5, 0.6) is 0 Å². The van der Waals surface area contributed by atoms with Crippen LogP contribution in [-0.2, 0) is 19.2 Å². The molecule has 24 heavy (non-hydrogen) atoms. The third-order valence-corrected chi connectivity index (χ3v) is 4.75. The van der Waals surface area contributed by atoms with E-state index in [0.29, 0.717) is 18.6 Å². The number of rotatable bonds is 5. The Kier molecular flexibility index (Phi) is 5.28. The van der Waals surface area contributed by atoms with E-state index in [-0.39, 0.29) is 30.5 Å². The van der Waals surface area contributed by atoms with Gasteiger partial charge in [0.2, 0.25) is 0 Å². The summed E-state index contributed by atoms with van der Waals surface area (Å²) in [5, 5.41) is 4.25. The predicted molar refractivity (Wildman–Crippen MR) is 89.7 cm³/mol. The molecule has 0 amide bonds. The van der Waals surface area contributed by atoms with Gasteiger partial charge in [-0.15, -0.1) is 0 Å². The summed E-state index contributed by atoms with van der Waals surface area (Å²) >= 11 is 0. The molecule has 0 bridgehead atoms. The van der Waals surface area contributed by atoms with E-state index in [0.717, 1.165) is 30.5 Å². The second-order valence-electron chi connectivity index (χ2n) is 6.52. The van der Waals surface area contributed by atoms with Crippen molar-refractivity contribution < 1.29 is 19.2 Å². The van der Waals surface area contributed by atoms with Crippen LogP contribution in [0.3, 0.4) is 0 Å². The summed E-state index contributed by atoms with van der Waals surface area (Å²) in [6.45, 7) is 1.58. The molecule has 1 saturated carbocycles. The molecule has 1 aromatic rings. The van der Waals surface area contributed by atoms with E-state index in [1.165, 1.54) is 6.92 Å². The Morgan fingerprint density at radius 1 is 1.33 bits per heavy atom. The minimum Gasteiger partial charge on any atom is -0.462 e. The maximum Gasteiger partial charge on any atom is 0.302 e. The zero-order valence-electron chi connectivity index (χ0n) is 13.9. The highest BCUT2D eigenvalue weighted by Crippen LogP contribution is 2.37. The molecule has 5 nitrogen and oxygen atoms in total. The maximum absolute atomic E-state index is 12.5. The van der Waals surface area contributed by atoms with Crippen LogP contribution in [0.25, 0.3) is 0 Å². The molecule has 0 N–H and O–H groups in total. The molecular weight excluding hydrogens is 306 g/mol. The first-order valence-electron chi connectivity index (χ1n) is 8.58. The van der Waals surface area contributed by atoms with Crippen LogP contribution in [0.1, 0.15) is 50.5 Å². The van der Waals surface area contributed by atoms with Crippen LogP contribution in [0.2, 0.25) is 0 Å². The summed E-state index contributed by atoms with van der Waals surface area (Å²) in [5.74, 6) is -0.0762. The molecule has 128 valence electrons. The minimum absolute atomic E-state index is 0.0315. The van der Waals surface area contributed by atoms with E-state index in [4.69, 9.17) is 9.57 Å². The second kappa shape index (κ2) is 7.60. The van der Waals surface area contributed by atoms with E-state index in [9.17, 15) is 9.59 Å². The highest BCUT2D eigenvalue weighted by molar-refractivity contribution is 5.97. The Bertz CT molecular complexity index is 626. The van der Waals surface area contributed by atoms with Gasteiger partial charge in [0.05, 0.1) is 5.71 Å². The van der Waals surface area contributed by atoms with Crippen molar-refractivity contribution in [1.29, 1.82) is 0 Å². The number of ether oxygens (including phenoxy) is 1. The standard InChI is InChI=1S/C19H23NO4/c1-13(21)23-12-15-11-17(20-24-15)19(14-7-3-2-4-8-14)16-9-5-6-10-18(16)22/h2-4,7-8,15-16,19H,5-6,9-12H2,1H3/t15-,16?,19-/m1/s1. The van der Waals surface area contributed by atoms with Crippen molar-refractivity contribution in [3.8, 4) is 0 Å². The van der Waals surface area contributed by atoms with Gasteiger partial charge >= 0.3 is 5.97 Å². The first-order chi connectivity index (χ1) is 11.6. The van der Waals surface area contributed by atoms with Crippen LogP contribution >= 0.6 is 0 Å². The van der Waals surface area contributed by atoms with Gasteiger partial charge < -0.3 is 9.57 Å². The van der Waals surface area contributed by atoms with Gasteiger partial charge in [-0.2, -0.15) is 0 Å². The zero-order valence-corrected chi connectivity index (χ0v) is 13.9. The molecule has 1 aliphatic heterocycles. The van der Waals surface area contributed by atoms with Crippen molar-refractivity contribution >= 4 is 17.5 Å². The Morgan fingerprint density at radius 2 is 2.12 bits per heavy atom. The number of oxime groups is 1. The van der Waals surface area contributed by atoms with Crippen LogP contribution in [0.15, 0.2) is 35.5 Å². The SMILES string of the molecule is CC(=O)OC[C@H]1CC([C@H](c2ccccc2)C2CCCCC2=O)=NO1. The summed E-state index contributed by atoms with van der Waals surface area (Å²) < 4.78 is 5.02. The fourth-order valence-electron chi connectivity index (χ4n) is 3.61. The number of esters is 1. The Morgan fingerprint density at radius 3 is 2.83 bits per heavy atom. The highest BCUT2D eigenvalue weighted by atomic mass is 16.7. The van der Waals surface area contributed by atoms with E-state index in [1.807, 2.05) is 18.2 Å². The molecule has 1 heterocycles. The van der Waals surface area contributed by atoms with Gasteiger partial charge in [-0.1, -0.05) is 41.9 Å². The molecule has 0 spiro atoms. The molecule has 1 aliphatic carbocycles. The number of hydrogen-bond donors (Lipinski definition) is 0. The summed E-state index contributed by atoms with van der Waals surface area (Å²) in [4.78, 5) is 28.9. The second-order valence-corrected chi connectivity index (χ2v) is 6.52. The van der Waals surface area contributed by atoms with Crippen LogP contribution in [0.4, 0.5) is 0 Å². The third-order valence-electron chi connectivity index (χ3n) is 4.75. The first kappa shape index (κ1) is 16.7. The molecule has 0 aromatic heterocycles. The topological polar surface area (TPSA) is 65.0 Å². The van der Waals surface area contributed by atoms with Gasteiger partial charge in [0.15, 0.2) is 6.10 Å². The average molecular weight is 329 g/mol. The van der Waals surface area contributed by atoms with Crippen molar-refractivity contribution in [2.45, 2.75) is 51.0 Å². The van der Waals surface area contributed by atoms with Crippen molar-refractivity contribution in [2.24, 2.45) is 11.1 Å². The van der Waals surface area contributed by atoms with Crippen molar-refractivity contribution in [3.63, 3.8) is 0 Å². The number of nitrogens with zero attached hydrogens (tertiary/aromatic N) is 1. The lowest BCUT2D eigenvalue weighted by Crippen LogP contribution is -2.31. The fraction of sp³-hybridized carbons (Fsp3) is 0.526. The highest BCUT2D eigenvalue weighted by Gasteiger charge is 2.38. The van der Waals surface area contributed by atoms with Crippen molar-refractivity contribution in [2.75, 3.05) is 6.61 Å². The molecule has 1 fully saturated rings. The lowest BCUT2D eigenvalue weighted by molar-refractivity contribution is -0.144. The number of Topliss-reactive ketones (excluding diaryl/α,β-unsaturated/α-hetero) is 1. The fourth-order valence-corrected chi connectivity index (χ4v) is 3.61. The lowest BCUT2D eigenvalue weighted by Gasteiger charge is -2.29. The van der Waals surface area contributed by atoms with Crippen LogP contribution < -0.4 is 0 Å². The van der Waals surface area contributed by atoms with E-state index >= 15 is 0 Å². The molecule has 3 atom stereocenters.